The van der Waals surface area contributed by atoms with Crippen molar-refractivity contribution < 1.29 is 43.3 Å². The summed E-state index contributed by atoms with van der Waals surface area (Å²) < 4.78 is 29.5. The standard InChI is InChI=1S/C6H10O9S/c7-1-2(8)3(9)4(10)5(6(11)12)16(13,14)15/h2-3,7-10H,1H2,(H,11,12)(H,13,14,15)/b5-4+/t2-,3+/m0/s1. The Morgan fingerprint density at radius 1 is 1.19 bits per heavy atom. The topological polar surface area (TPSA) is 173 Å². The molecule has 94 valence electrons. The van der Waals surface area contributed by atoms with E-state index in [0.717, 1.165) is 0 Å². The molecule has 6 N–H and O–H groups in total. The SMILES string of the molecule is O=C(O)/C(=C(\O)[C@H](O)[C@@H](O)CO)S(=O)(=O)O. The Hall–Kier alpha value is -1.20. The van der Waals surface area contributed by atoms with Gasteiger partial charge < -0.3 is 25.5 Å². The number of hydrogen-bond donors (Lipinski definition) is 6. The molecule has 2 atom stereocenters. The van der Waals surface area contributed by atoms with Gasteiger partial charge in [-0.3, -0.25) is 4.55 Å². The predicted molar refractivity (Wildman–Crippen MR) is 47.9 cm³/mol. The minimum absolute atomic E-state index is 1.05. The Labute approximate surface area is 89.6 Å². The minimum atomic E-state index is -5.27. The Balaban J connectivity index is 5.56. The first-order valence-corrected chi connectivity index (χ1v) is 5.17. The molecule has 0 unspecified atom stereocenters. The number of aliphatic carboxylic acids is 1. The maximum absolute atomic E-state index is 10.5. The molecule has 0 fully saturated rings. The van der Waals surface area contributed by atoms with Crippen molar-refractivity contribution in [2.75, 3.05) is 6.61 Å². The first-order chi connectivity index (χ1) is 7.12. The van der Waals surface area contributed by atoms with E-state index in [-0.39, 0.29) is 0 Å². The summed E-state index contributed by atoms with van der Waals surface area (Å²) in [5.41, 5.74) is 0. The molecule has 0 aliphatic carbocycles. The maximum atomic E-state index is 10.5. The molecule has 0 amide bonds. The third-order valence-electron chi connectivity index (χ3n) is 1.52. The van der Waals surface area contributed by atoms with Crippen LogP contribution < -0.4 is 0 Å². The van der Waals surface area contributed by atoms with Crippen LogP contribution in [-0.2, 0) is 14.9 Å². The number of aliphatic hydroxyl groups is 4. The van der Waals surface area contributed by atoms with Crippen molar-refractivity contribution >= 4 is 16.1 Å². The van der Waals surface area contributed by atoms with Crippen LogP contribution in [0.1, 0.15) is 0 Å². The van der Waals surface area contributed by atoms with Gasteiger partial charge in [-0.25, -0.2) is 4.79 Å². The van der Waals surface area contributed by atoms with Gasteiger partial charge in [0.05, 0.1) is 6.61 Å². The number of rotatable bonds is 5. The van der Waals surface area contributed by atoms with E-state index in [1.807, 2.05) is 0 Å². The van der Waals surface area contributed by atoms with Crippen LogP contribution in [-0.4, -0.2) is 63.3 Å². The van der Waals surface area contributed by atoms with Gasteiger partial charge in [0, 0.05) is 0 Å². The van der Waals surface area contributed by atoms with Gasteiger partial charge >= 0.3 is 16.1 Å². The Bertz CT molecular complexity index is 394. The molecule has 16 heavy (non-hydrogen) atoms. The van der Waals surface area contributed by atoms with Gasteiger partial charge in [0.2, 0.25) is 4.91 Å². The van der Waals surface area contributed by atoms with Crippen molar-refractivity contribution in [3.63, 3.8) is 0 Å². The molecule has 0 rings (SSSR count). The Kier molecular flexibility index (Phi) is 4.83. The van der Waals surface area contributed by atoms with Crippen LogP contribution in [0.15, 0.2) is 10.7 Å². The lowest BCUT2D eigenvalue weighted by Crippen LogP contribution is -2.33. The highest BCUT2D eigenvalue weighted by Crippen LogP contribution is 2.15. The van der Waals surface area contributed by atoms with Gasteiger partial charge in [0.1, 0.15) is 12.2 Å². The predicted octanol–water partition coefficient (Wildman–Crippen LogP) is -2.56. The van der Waals surface area contributed by atoms with Crippen molar-refractivity contribution in [3.05, 3.63) is 10.7 Å². The second-order valence-corrected chi connectivity index (χ2v) is 4.05. The van der Waals surface area contributed by atoms with E-state index in [1.54, 1.807) is 0 Å². The molecule has 0 aliphatic heterocycles. The molecule has 0 radical (unpaired) electrons. The third kappa shape index (κ3) is 3.43. The fourth-order valence-electron chi connectivity index (χ4n) is 0.768. The summed E-state index contributed by atoms with van der Waals surface area (Å²) >= 11 is 0. The van der Waals surface area contributed by atoms with Crippen LogP contribution >= 0.6 is 0 Å². The molecule has 0 saturated carbocycles. The lowest BCUT2D eigenvalue weighted by molar-refractivity contribution is -0.132. The summed E-state index contributed by atoms with van der Waals surface area (Å²) in [4.78, 5) is 8.52. The largest absolute Gasteiger partial charge is 0.508 e. The molecule has 0 aliphatic rings. The molecule has 0 heterocycles. The zero-order valence-corrected chi connectivity index (χ0v) is 8.49. The molecule has 0 bridgehead atoms. The second-order valence-electron chi connectivity index (χ2n) is 2.69. The highest BCUT2D eigenvalue weighted by Gasteiger charge is 2.33. The van der Waals surface area contributed by atoms with E-state index in [2.05, 4.69) is 0 Å². The summed E-state index contributed by atoms with van der Waals surface area (Å²) in [6, 6.07) is 0. The van der Waals surface area contributed by atoms with Crippen LogP contribution in [0.5, 0.6) is 0 Å². The molecule has 10 heteroatoms. The van der Waals surface area contributed by atoms with Crippen LogP contribution in [0, 0.1) is 0 Å². The van der Waals surface area contributed by atoms with E-state index >= 15 is 0 Å². The Morgan fingerprint density at radius 2 is 1.62 bits per heavy atom. The van der Waals surface area contributed by atoms with E-state index in [4.69, 9.17) is 30.1 Å². The smallest absolute Gasteiger partial charge is 0.353 e. The number of carboxylic acids is 1. The van der Waals surface area contributed by atoms with Crippen LogP contribution in [0.2, 0.25) is 0 Å². The summed E-state index contributed by atoms with van der Waals surface area (Å²) in [6.45, 7) is -1.05. The molecule has 9 nitrogen and oxygen atoms in total. The maximum Gasteiger partial charge on any atom is 0.353 e. The molecule has 0 aromatic heterocycles. The zero-order chi connectivity index (χ0) is 13.1. The van der Waals surface area contributed by atoms with Crippen LogP contribution in [0.3, 0.4) is 0 Å². The Morgan fingerprint density at radius 3 is 1.88 bits per heavy atom. The fourth-order valence-corrected chi connectivity index (χ4v) is 1.37. The van der Waals surface area contributed by atoms with Crippen molar-refractivity contribution in [2.45, 2.75) is 12.2 Å². The van der Waals surface area contributed by atoms with Crippen LogP contribution in [0.25, 0.3) is 0 Å². The molecule has 0 aromatic rings. The number of hydrogen-bond acceptors (Lipinski definition) is 7. The molecular formula is C6H10O9S. The van der Waals surface area contributed by atoms with Crippen molar-refractivity contribution in [2.24, 2.45) is 0 Å². The van der Waals surface area contributed by atoms with Gasteiger partial charge in [-0.15, -0.1) is 0 Å². The fraction of sp³-hybridized carbons (Fsp3) is 0.500. The van der Waals surface area contributed by atoms with Gasteiger partial charge in [0.25, 0.3) is 0 Å². The van der Waals surface area contributed by atoms with Crippen molar-refractivity contribution in [3.8, 4) is 0 Å². The average molecular weight is 258 g/mol. The lowest BCUT2D eigenvalue weighted by atomic mass is 10.1. The highest BCUT2D eigenvalue weighted by atomic mass is 32.2. The quantitative estimate of drug-likeness (QED) is 0.176. The van der Waals surface area contributed by atoms with E-state index in [1.165, 1.54) is 0 Å². The first kappa shape index (κ1) is 14.8. The van der Waals surface area contributed by atoms with Crippen molar-refractivity contribution in [1.82, 2.24) is 0 Å². The summed E-state index contributed by atoms with van der Waals surface area (Å²) in [5.74, 6) is -3.89. The van der Waals surface area contributed by atoms with Gasteiger partial charge in [-0.1, -0.05) is 0 Å². The third-order valence-corrected chi connectivity index (χ3v) is 2.42. The van der Waals surface area contributed by atoms with Crippen LogP contribution in [0.4, 0.5) is 0 Å². The average Bonchev–Trinajstić information content (AvgIpc) is 2.12. The van der Waals surface area contributed by atoms with Gasteiger partial charge in [0.15, 0.2) is 5.76 Å². The monoisotopic (exact) mass is 258 g/mol. The number of carbonyl (C=O) groups is 1. The van der Waals surface area contributed by atoms with Gasteiger partial charge in [-0.2, -0.15) is 8.42 Å². The summed E-state index contributed by atoms with van der Waals surface area (Å²) in [5, 5.41) is 43.6. The zero-order valence-electron chi connectivity index (χ0n) is 7.68. The second kappa shape index (κ2) is 5.23. The number of carboxylic acid groups (broad SMARTS) is 1. The molecule has 0 spiro atoms. The molecular weight excluding hydrogens is 248 g/mol. The number of aliphatic hydroxyl groups excluding tert-OH is 4. The van der Waals surface area contributed by atoms with E-state index in [9.17, 15) is 13.2 Å². The first-order valence-electron chi connectivity index (χ1n) is 3.73. The van der Waals surface area contributed by atoms with Gasteiger partial charge in [-0.05, 0) is 0 Å². The molecule has 0 saturated heterocycles. The summed E-state index contributed by atoms with van der Waals surface area (Å²) in [7, 11) is -5.27. The highest BCUT2D eigenvalue weighted by molar-refractivity contribution is 7.90. The minimum Gasteiger partial charge on any atom is -0.508 e. The molecule has 0 aromatic carbocycles. The van der Waals surface area contributed by atoms with E-state index in [0.29, 0.717) is 0 Å². The normalized spacial score (nSPS) is 17.5. The van der Waals surface area contributed by atoms with E-state index < -0.39 is 45.6 Å². The lowest BCUT2D eigenvalue weighted by Gasteiger charge is -2.15. The van der Waals surface area contributed by atoms with Crippen molar-refractivity contribution in [1.29, 1.82) is 0 Å². The summed E-state index contributed by atoms with van der Waals surface area (Å²) in [6.07, 6.45) is -4.34.